The van der Waals surface area contributed by atoms with Crippen molar-refractivity contribution in [3.8, 4) is 0 Å². The normalized spacial score (nSPS) is 13.1. The maximum atomic E-state index is 10.0. The van der Waals surface area contributed by atoms with E-state index in [1.807, 2.05) is 48.5 Å². The number of amidine groups is 1. The zero-order valence-electron chi connectivity index (χ0n) is 11.6. The lowest BCUT2D eigenvalue weighted by Crippen LogP contribution is -2.21. The third-order valence-electron chi connectivity index (χ3n) is 3.18. The zero-order valence-corrected chi connectivity index (χ0v) is 11.6. The van der Waals surface area contributed by atoms with Crippen LogP contribution in [0.5, 0.6) is 0 Å². The Morgan fingerprint density at radius 1 is 1.14 bits per heavy atom. The molecule has 0 heterocycles. The molecule has 5 nitrogen and oxygen atoms in total. The van der Waals surface area contributed by atoms with Gasteiger partial charge in [0.25, 0.3) is 0 Å². The fourth-order valence-electron chi connectivity index (χ4n) is 2.04. The van der Waals surface area contributed by atoms with E-state index in [0.717, 1.165) is 11.1 Å². The summed E-state index contributed by atoms with van der Waals surface area (Å²) in [6.07, 6.45) is -0.543. The standard InChI is InChI=1S/C16H19N3O2/c17-16(19-21)14-8-4-5-12(9-14)10-18-11-15(20)13-6-2-1-3-7-13/h1-9,15,18,20-21H,10-11H2,(H2,17,19). The minimum absolute atomic E-state index is 0.0844. The van der Waals surface area contributed by atoms with Gasteiger partial charge in [0.2, 0.25) is 0 Å². The lowest BCUT2D eigenvalue weighted by molar-refractivity contribution is 0.174. The Balaban J connectivity index is 1.89. The minimum atomic E-state index is -0.543. The Bertz CT molecular complexity index is 599. The zero-order chi connectivity index (χ0) is 15.1. The molecule has 110 valence electrons. The van der Waals surface area contributed by atoms with E-state index in [2.05, 4.69) is 10.5 Å². The van der Waals surface area contributed by atoms with Gasteiger partial charge in [-0.1, -0.05) is 53.7 Å². The van der Waals surface area contributed by atoms with Crippen molar-refractivity contribution in [2.45, 2.75) is 12.6 Å². The third-order valence-corrected chi connectivity index (χ3v) is 3.18. The highest BCUT2D eigenvalue weighted by molar-refractivity contribution is 5.97. The molecule has 0 saturated heterocycles. The molecule has 0 fully saturated rings. The Labute approximate surface area is 123 Å². The van der Waals surface area contributed by atoms with Crippen LogP contribution in [-0.2, 0) is 6.54 Å². The quantitative estimate of drug-likeness (QED) is 0.281. The van der Waals surface area contributed by atoms with Crippen LogP contribution in [0.25, 0.3) is 0 Å². The average Bonchev–Trinajstić information content (AvgIpc) is 2.55. The second kappa shape index (κ2) is 7.42. The van der Waals surface area contributed by atoms with Crippen molar-refractivity contribution in [3.05, 3.63) is 71.3 Å². The maximum absolute atomic E-state index is 10.0. The van der Waals surface area contributed by atoms with Crippen LogP contribution in [0.2, 0.25) is 0 Å². The number of aliphatic hydroxyl groups excluding tert-OH is 1. The smallest absolute Gasteiger partial charge is 0.170 e. The highest BCUT2D eigenvalue weighted by Gasteiger charge is 2.06. The Kier molecular flexibility index (Phi) is 5.31. The number of nitrogens with one attached hydrogen (secondary N) is 1. The number of nitrogens with zero attached hydrogens (tertiary/aromatic N) is 1. The SMILES string of the molecule is NC(=NO)c1cccc(CNCC(O)c2ccccc2)c1. The number of rotatable bonds is 6. The molecule has 5 heteroatoms. The topological polar surface area (TPSA) is 90.9 Å². The molecule has 0 aliphatic heterocycles. The highest BCUT2D eigenvalue weighted by atomic mass is 16.4. The van der Waals surface area contributed by atoms with Gasteiger partial charge >= 0.3 is 0 Å². The molecule has 0 saturated carbocycles. The molecule has 0 aliphatic rings. The number of benzene rings is 2. The Morgan fingerprint density at radius 3 is 2.62 bits per heavy atom. The number of aliphatic hydroxyl groups is 1. The van der Waals surface area contributed by atoms with Crippen LogP contribution in [0.4, 0.5) is 0 Å². The van der Waals surface area contributed by atoms with Crippen LogP contribution in [0, 0.1) is 0 Å². The second-order valence-corrected chi connectivity index (χ2v) is 4.74. The molecule has 0 spiro atoms. The first-order valence-electron chi connectivity index (χ1n) is 6.71. The summed E-state index contributed by atoms with van der Waals surface area (Å²) in [5.41, 5.74) is 8.11. The predicted octanol–water partition coefficient (Wildman–Crippen LogP) is 1.60. The molecule has 2 aromatic rings. The van der Waals surface area contributed by atoms with Gasteiger partial charge in [-0.05, 0) is 17.2 Å². The molecule has 2 rings (SSSR count). The van der Waals surface area contributed by atoms with Crippen LogP contribution in [-0.4, -0.2) is 22.7 Å². The summed E-state index contributed by atoms with van der Waals surface area (Å²) in [7, 11) is 0. The van der Waals surface area contributed by atoms with Gasteiger partial charge in [-0.15, -0.1) is 0 Å². The molecule has 1 atom stereocenters. The van der Waals surface area contributed by atoms with Crippen molar-refractivity contribution in [1.29, 1.82) is 0 Å². The van der Waals surface area contributed by atoms with E-state index in [0.29, 0.717) is 18.7 Å². The first kappa shape index (κ1) is 15.0. The second-order valence-electron chi connectivity index (χ2n) is 4.74. The van der Waals surface area contributed by atoms with Crippen molar-refractivity contribution < 1.29 is 10.3 Å². The van der Waals surface area contributed by atoms with Crippen molar-refractivity contribution in [2.75, 3.05) is 6.54 Å². The summed E-state index contributed by atoms with van der Waals surface area (Å²) in [5.74, 6) is 0.0844. The third kappa shape index (κ3) is 4.30. The molecular weight excluding hydrogens is 266 g/mol. The van der Waals surface area contributed by atoms with Gasteiger partial charge in [0.1, 0.15) is 0 Å². The van der Waals surface area contributed by atoms with Gasteiger partial charge < -0.3 is 21.4 Å². The molecule has 0 radical (unpaired) electrons. The fraction of sp³-hybridized carbons (Fsp3) is 0.188. The van der Waals surface area contributed by atoms with E-state index >= 15 is 0 Å². The van der Waals surface area contributed by atoms with Crippen molar-refractivity contribution in [1.82, 2.24) is 5.32 Å². The largest absolute Gasteiger partial charge is 0.409 e. The molecule has 0 amide bonds. The number of hydrogen-bond acceptors (Lipinski definition) is 4. The monoisotopic (exact) mass is 285 g/mol. The molecule has 2 aromatic carbocycles. The molecular formula is C16H19N3O2. The molecule has 0 aromatic heterocycles. The summed E-state index contributed by atoms with van der Waals surface area (Å²) in [6.45, 7) is 1.05. The van der Waals surface area contributed by atoms with Crippen LogP contribution < -0.4 is 11.1 Å². The van der Waals surface area contributed by atoms with E-state index in [1.165, 1.54) is 0 Å². The number of oxime groups is 1. The number of nitrogens with two attached hydrogens (primary N) is 1. The van der Waals surface area contributed by atoms with Crippen LogP contribution in [0.1, 0.15) is 22.8 Å². The van der Waals surface area contributed by atoms with Gasteiger partial charge in [-0.3, -0.25) is 0 Å². The van der Waals surface area contributed by atoms with E-state index in [9.17, 15) is 5.11 Å². The molecule has 21 heavy (non-hydrogen) atoms. The van der Waals surface area contributed by atoms with Gasteiger partial charge in [0.05, 0.1) is 6.10 Å². The summed E-state index contributed by atoms with van der Waals surface area (Å²) in [6, 6.07) is 16.9. The van der Waals surface area contributed by atoms with Crippen molar-refractivity contribution in [3.63, 3.8) is 0 Å². The first-order valence-corrected chi connectivity index (χ1v) is 6.71. The number of hydrogen-bond donors (Lipinski definition) is 4. The lowest BCUT2D eigenvalue weighted by atomic mass is 10.1. The summed E-state index contributed by atoms with van der Waals surface area (Å²) >= 11 is 0. The van der Waals surface area contributed by atoms with E-state index in [-0.39, 0.29) is 5.84 Å². The molecule has 0 aliphatic carbocycles. The lowest BCUT2D eigenvalue weighted by Gasteiger charge is -2.12. The summed E-state index contributed by atoms with van der Waals surface area (Å²) in [5, 5.41) is 24.9. The van der Waals surface area contributed by atoms with Gasteiger partial charge in [0, 0.05) is 18.7 Å². The molecule has 1 unspecified atom stereocenters. The predicted molar refractivity (Wildman–Crippen MR) is 82.1 cm³/mol. The highest BCUT2D eigenvalue weighted by Crippen LogP contribution is 2.11. The van der Waals surface area contributed by atoms with E-state index in [1.54, 1.807) is 6.07 Å². The van der Waals surface area contributed by atoms with Gasteiger partial charge in [-0.25, -0.2) is 0 Å². The Morgan fingerprint density at radius 2 is 1.90 bits per heavy atom. The van der Waals surface area contributed by atoms with Crippen molar-refractivity contribution >= 4 is 5.84 Å². The molecule has 0 bridgehead atoms. The fourth-order valence-corrected chi connectivity index (χ4v) is 2.04. The van der Waals surface area contributed by atoms with Crippen molar-refractivity contribution in [2.24, 2.45) is 10.9 Å². The van der Waals surface area contributed by atoms with E-state index in [4.69, 9.17) is 10.9 Å². The minimum Gasteiger partial charge on any atom is -0.409 e. The van der Waals surface area contributed by atoms with Crippen LogP contribution in [0.15, 0.2) is 59.8 Å². The Hall–Kier alpha value is -2.37. The average molecular weight is 285 g/mol. The summed E-state index contributed by atoms with van der Waals surface area (Å²) < 4.78 is 0. The first-order chi connectivity index (χ1) is 10.2. The van der Waals surface area contributed by atoms with Crippen LogP contribution >= 0.6 is 0 Å². The molecule has 5 N–H and O–H groups in total. The summed E-state index contributed by atoms with van der Waals surface area (Å²) in [4.78, 5) is 0. The van der Waals surface area contributed by atoms with E-state index < -0.39 is 6.10 Å². The van der Waals surface area contributed by atoms with Crippen LogP contribution in [0.3, 0.4) is 0 Å². The van der Waals surface area contributed by atoms with Gasteiger partial charge in [-0.2, -0.15) is 0 Å². The van der Waals surface area contributed by atoms with Gasteiger partial charge in [0.15, 0.2) is 5.84 Å². The maximum Gasteiger partial charge on any atom is 0.170 e.